The van der Waals surface area contributed by atoms with E-state index in [0.717, 1.165) is 22.6 Å². The Labute approximate surface area is 182 Å². The maximum absolute atomic E-state index is 11.4. The molecule has 0 aliphatic carbocycles. The maximum Gasteiger partial charge on any atom is 0.308 e. The van der Waals surface area contributed by atoms with Crippen LogP contribution < -0.4 is 14.8 Å². The predicted octanol–water partition coefficient (Wildman–Crippen LogP) is 5.19. The van der Waals surface area contributed by atoms with Crippen molar-refractivity contribution in [2.75, 3.05) is 11.9 Å². The van der Waals surface area contributed by atoms with Crippen molar-refractivity contribution in [1.82, 2.24) is 0 Å². The molecule has 0 spiro atoms. The summed E-state index contributed by atoms with van der Waals surface area (Å²) in [6.07, 6.45) is 0. The molecular weight excluding hydrogens is 390 g/mol. The lowest BCUT2D eigenvalue weighted by Crippen LogP contribution is -2.25. The molecule has 5 heteroatoms. The highest BCUT2D eigenvalue weighted by Crippen LogP contribution is 2.47. The first-order chi connectivity index (χ1) is 14.9. The molecule has 0 fully saturated rings. The molecule has 0 bridgehead atoms. The number of rotatable bonds is 4. The van der Waals surface area contributed by atoms with Gasteiger partial charge >= 0.3 is 5.97 Å². The number of carbonyl (C=O) groups is 2. The second-order valence-electron chi connectivity index (χ2n) is 7.91. The molecule has 2 atom stereocenters. The lowest BCUT2D eigenvalue weighted by atomic mass is 9.75. The normalized spacial score (nSPS) is 17.3. The van der Waals surface area contributed by atoms with Gasteiger partial charge in [0.15, 0.2) is 0 Å². The van der Waals surface area contributed by atoms with Crippen LogP contribution in [0.1, 0.15) is 47.9 Å². The molecule has 31 heavy (non-hydrogen) atoms. The van der Waals surface area contributed by atoms with Crippen LogP contribution in [0.15, 0.2) is 66.7 Å². The van der Waals surface area contributed by atoms with Crippen molar-refractivity contribution < 1.29 is 19.1 Å². The minimum atomic E-state index is -0.362. The van der Waals surface area contributed by atoms with E-state index in [2.05, 4.69) is 36.5 Å². The van der Waals surface area contributed by atoms with E-state index in [9.17, 15) is 9.59 Å². The van der Waals surface area contributed by atoms with E-state index in [1.807, 2.05) is 30.3 Å². The van der Waals surface area contributed by atoms with Crippen molar-refractivity contribution in [3.8, 4) is 11.5 Å². The Morgan fingerprint density at radius 2 is 1.74 bits per heavy atom. The van der Waals surface area contributed by atoms with Gasteiger partial charge in [0.05, 0.1) is 6.61 Å². The molecular formula is C26H25NO4. The highest BCUT2D eigenvalue weighted by atomic mass is 16.5. The highest BCUT2D eigenvalue weighted by molar-refractivity contribution is 5.88. The van der Waals surface area contributed by atoms with Crippen molar-refractivity contribution in [2.45, 2.75) is 32.6 Å². The number of hydrogen-bond donors (Lipinski definition) is 1. The largest absolute Gasteiger partial charge is 0.492 e. The first-order valence-electron chi connectivity index (χ1n) is 10.3. The third kappa shape index (κ3) is 4.61. The summed E-state index contributed by atoms with van der Waals surface area (Å²) in [5, 5.41) is 2.82. The monoisotopic (exact) mass is 415 g/mol. The topological polar surface area (TPSA) is 64.6 Å². The molecule has 1 N–H and O–H groups in total. The summed E-state index contributed by atoms with van der Waals surface area (Å²) in [4.78, 5) is 22.7. The number of amides is 1. The molecule has 4 rings (SSSR count). The first kappa shape index (κ1) is 20.7. The molecule has 3 aromatic carbocycles. The smallest absolute Gasteiger partial charge is 0.308 e. The SMILES string of the molecule is CC(=O)Nc1ccc(C2c3ccc(OC(C)=O)cc3OCC2c2cccc(C)c2)cc1. The number of anilines is 1. The van der Waals surface area contributed by atoms with Crippen LogP contribution in [-0.2, 0) is 9.59 Å². The summed E-state index contributed by atoms with van der Waals surface area (Å²) in [6.45, 7) is 5.48. The van der Waals surface area contributed by atoms with Gasteiger partial charge in [0, 0.05) is 43.0 Å². The molecule has 1 heterocycles. The van der Waals surface area contributed by atoms with Crippen LogP contribution in [0.2, 0.25) is 0 Å². The minimum Gasteiger partial charge on any atom is -0.492 e. The average molecular weight is 415 g/mol. The molecule has 0 radical (unpaired) electrons. The van der Waals surface area contributed by atoms with E-state index in [1.165, 1.54) is 25.0 Å². The standard InChI is InChI=1S/C26H25NO4/c1-16-5-4-6-20(13-16)24-15-30-25-14-22(31-18(3)29)11-12-23(25)26(24)19-7-9-21(10-8-19)27-17(2)28/h4-14,24,26H,15H2,1-3H3,(H,27,28). The third-order valence-corrected chi connectivity index (χ3v) is 5.46. The third-order valence-electron chi connectivity index (χ3n) is 5.46. The van der Waals surface area contributed by atoms with Gasteiger partial charge in [-0.05, 0) is 36.2 Å². The highest BCUT2D eigenvalue weighted by Gasteiger charge is 2.33. The Kier molecular flexibility index (Phi) is 5.76. The van der Waals surface area contributed by atoms with Gasteiger partial charge in [-0.2, -0.15) is 0 Å². The molecule has 0 aromatic heterocycles. The van der Waals surface area contributed by atoms with E-state index >= 15 is 0 Å². The summed E-state index contributed by atoms with van der Waals surface area (Å²) in [6, 6.07) is 22.0. The minimum absolute atomic E-state index is 0.0586. The number of aryl methyl sites for hydroxylation is 1. The quantitative estimate of drug-likeness (QED) is 0.471. The number of nitrogens with one attached hydrogen (secondary N) is 1. The van der Waals surface area contributed by atoms with Gasteiger partial charge < -0.3 is 14.8 Å². The van der Waals surface area contributed by atoms with E-state index in [0.29, 0.717) is 12.4 Å². The molecule has 158 valence electrons. The molecule has 1 amide bonds. The summed E-state index contributed by atoms with van der Waals surface area (Å²) in [5.41, 5.74) is 5.35. The zero-order valence-electron chi connectivity index (χ0n) is 17.8. The molecule has 1 aliphatic rings. The number of fused-ring (bicyclic) bond motifs is 1. The zero-order valence-corrected chi connectivity index (χ0v) is 17.8. The van der Waals surface area contributed by atoms with Crippen LogP contribution in [0.5, 0.6) is 11.5 Å². The van der Waals surface area contributed by atoms with Crippen LogP contribution >= 0.6 is 0 Å². The number of carbonyl (C=O) groups excluding carboxylic acids is 2. The first-order valence-corrected chi connectivity index (χ1v) is 10.3. The fourth-order valence-electron chi connectivity index (χ4n) is 4.20. The summed E-state index contributed by atoms with van der Waals surface area (Å²) in [7, 11) is 0. The fraction of sp³-hybridized carbons (Fsp3) is 0.231. The van der Waals surface area contributed by atoms with Crippen molar-refractivity contribution in [3.05, 3.63) is 89.0 Å². The van der Waals surface area contributed by atoms with Crippen LogP contribution in [0.4, 0.5) is 5.69 Å². The lowest BCUT2D eigenvalue weighted by Gasteiger charge is -2.35. The summed E-state index contributed by atoms with van der Waals surface area (Å²) >= 11 is 0. The Hall–Kier alpha value is -3.60. The second kappa shape index (κ2) is 8.64. The van der Waals surface area contributed by atoms with Crippen LogP contribution in [0.3, 0.4) is 0 Å². The number of esters is 1. The van der Waals surface area contributed by atoms with Gasteiger partial charge in [0.25, 0.3) is 0 Å². The fourth-order valence-corrected chi connectivity index (χ4v) is 4.20. The van der Waals surface area contributed by atoms with E-state index < -0.39 is 0 Å². The van der Waals surface area contributed by atoms with Crippen molar-refractivity contribution in [3.63, 3.8) is 0 Å². The second-order valence-corrected chi connectivity index (χ2v) is 7.91. The van der Waals surface area contributed by atoms with Crippen LogP contribution in [-0.4, -0.2) is 18.5 Å². The predicted molar refractivity (Wildman–Crippen MR) is 120 cm³/mol. The van der Waals surface area contributed by atoms with Crippen LogP contribution in [0.25, 0.3) is 0 Å². The Balaban J connectivity index is 1.77. The van der Waals surface area contributed by atoms with Gasteiger partial charge in [-0.3, -0.25) is 9.59 Å². The Morgan fingerprint density at radius 3 is 2.42 bits per heavy atom. The maximum atomic E-state index is 11.4. The Bertz CT molecular complexity index is 1120. The van der Waals surface area contributed by atoms with Crippen molar-refractivity contribution in [2.24, 2.45) is 0 Å². The molecule has 0 saturated heterocycles. The van der Waals surface area contributed by atoms with E-state index in [-0.39, 0.29) is 23.7 Å². The van der Waals surface area contributed by atoms with E-state index in [1.54, 1.807) is 12.1 Å². The van der Waals surface area contributed by atoms with Gasteiger partial charge in [-0.1, -0.05) is 48.0 Å². The number of benzene rings is 3. The molecule has 5 nitrogen and oxygen atoms in total. The van der Waals surface area contributed by atoms with Crippen LogP contribution in [0, 0.1) is 6.92 Å². The van der Waals surface area contributed by atoms with Gasteiger partial charge in [-0.15, -0.1) is 0 Å². The van der Waals surface area contributed by atoms with Crippen molar-refractivity contribution >= 4 is 17.6 Å². The molecule has 2 unspecified atom stereocenters. The number of hydrogen-bond acceptors (Lipinski definition) is 4. The molecule has 0 saturated carbocycles. The number of ether oxygens (including phenoxy) is 2. The van der Waals surface area contributed by atoms with Crippen molar-refractivity contribution in [1.29, 1.82) is 0 Å². The van der Waals surface area contributed by atoms with E-state index in [4.69, 9.17) is 9.47 Å². The molecule has 3 aromatic rings. The zero-order chi connectivity index (χ0) is 22.0. The Morgan fingerprint density at radius 1 is 0.968 bits per heavy atom. The molecule has 1 aliphatic heterocycles. The average Bonchev–Trinajstić information content (AvgIpc) is 2.72. The van der Waals surface area contributed by atoms with Gasteiger partial charge in [0.1, 0.15) is 11.5 Å². The summed E-state index contributed by atoms with van der Waals surface area (Å²) in [5.74, 6) is 0.916. The van der Waals surface area contributed by atoms with Gasteiger partial charge in [0.2, 0.25) is 5.91 Å². The summed E-state index contributed by atoms with van der Waals surface area (Å²) < 4.78 is 11.4. The lowest BCUT2D eigenvalue weighted by molar-refractivity contribution is -0.131. The van der Waals surface area contributed by atoms with Gasteiger partial charge in [-0.25, -0.2) is 0 Å².